The third kappa shape index (κ3) is 3.94. The van der Waals surface area contributed by atoms with Gasteiger partial charge >= 0.3 is 0 Å². The van der Waals surface area contributed by atoms with Gasteiger partial charge in [-0.25, -0.2) is 0 Å². The van der Waals surface area contributed by atoms with Gasteiger partial charge in [-0.3, -0.25) is 9.78 Å². The van der Waals surface area contributed by atoms with Crippen LogP contribution in [-0.2, 0) is 4.79 Å². The Balaban J connectivity index is 1.21. The normalized spacial score (nSPS) is 27.3. The third-order valence-corrected chi connectivity index (χ3v) is 7.24. The van der Waals surface area contributed by atoms with E-state index in [0.29, 0.717) is 23.8 Å². The van der Waals surface area contributed by atoms with Gasteiger partial charge < -0.3 is 9.42 Å². The highest BCUT2D eigenvalue weighted by atomic mass is 16.5. The molecule has 1 aliphatic carbocycles. The summed E-state index contributed by atoms with van der Waals surface area (Å²) in [5.74, 6) is 2.76. The summed E-state index contributed by atoms with van der Waals surface area (Å²) >= 11 is 0. The lowest BCUT2D eigenvalue weighted by Crippen LogP contribution is -2.46. The number of pyridine rings is 1. The average molecular weight is 395 g/mol. The Hall–Kier alpha value is -2.24. The smallest absolute Gasteiger partial charge is 0.230 e. The van der Waals surface area contributed by atoms with E-state index in [9.17, 15) is 4.79 Å². The molecule has 0 radical (unpaired) electrons. The minimum atomic E-state index is 0.262. The third-order valence-electron chi connectivity index (χ3n) is 7.24. The van der Waals surface area contributed by atoms with Crippen LogP contribution in [0.3, 0.4) is 0 Å². The van der Waals surface area contributed by atoms with Gasteiger partial charge in [0.25, 0.3) is 0 Å². The van der Waals surface area contributed by atoms with Crippen LogP contribution in [0.25, 0.3) is 11.4 Å². The van der Waals surface area contributed by atoms with Gasteiger partial charge in [-0.05, 0) is 50.2 Å². The van der Waals surface area contributed by atoms with E-state index in [-0.39, 0.29) is 5.92 Å². The molecule has 2 aromatic rings. The molecule has 2 saturated heterocycles. The molecule has 5 rings (SSSR count). The van der Waals surface area contributed by atoms with Gasteiger partial charge in [0.15, 0.2) is 0 Å². The minimum absolute atomic E-state index is 0.262. The molecule has 1 unspecified atom stereocenters. The standard InChI is InChI=1S/C23H30N4O2/c28-21(9-6-16-4-2-1-3-5-16)27-19-7-8-20(27)15-18(14-19)23-25-22(26-29-23)17-10-12-24-13-11-17/h10-13,16,18-20H,1-9,14-15H2/t18?,19-,20+. The molecule has 0 aromatic carbocycles. The minimum Gasteiger partial charge on any atom is -0.339 e. The lowest BCUT2D eigenvalue weighted by Gasteiger charge is -2.38. The van der Waals surface area contributed by atoms with E-state index in [1.165, 1.54) is 32.1 Å². The maximum Gasteiger partial charge on any atom is 0.230 e. The SMILES string of the molecule is O=C(CCC1CCCCC1)N1[C@@H]2CC[C@H]1CC(c1nc(-c3ccncc3)no1)C2. The van der Waals surface area contributed by atoms with Crippen molar-refractivity contribution in [1.82, 2.24) is 20.0 Å². The number of hydrogen-bond donors (Lipinski definition) is 0. The molecule has 6 heteroatoms. The predicted octanol–water partition coefficient (Wildman–Crippen LogP) is 4.73. The van der Waals surface area contributed by atoms with E-state index in [2.05, 4.69) is 20.0 Å². The number of amides is 1. The van der Waals surface area contributed by atoms with E-state index < -0.39 is 0 Å². The number of rotatable bonds is 5. The Bertz CT molecular complexity index is 816. The molecule has 4 heterocycles. The van der Waals surface area contributed by atoms with Crippen molar-refractivity contribution in [2.24, 2.45) is 5.92 Å². The summed E-state index contributed by atoms with van der Waals surface area (Å²) in [4.78, 5) is 23.9. The van der Waals surface area contributed by atoms with Gasteiger partial charge in [0.2, 0.25) is 17.6 Å². The van der Waals surface area contributed by atoms with Crippen molar-refractivity contribution in [1.29, 1.82) is 0 Å². The quantitative estimate of drug-likeness (QED) is 0.733. The summed E-state index contributed by atoms with van der Waals surface area (Å²) in [6.45, 7) is 0. The van der Waals surface area contributed by atoms with Crippen LogP contribution in [0, 0.1) is 5.92 Å². The van der Waals surface area contributed by atoms with Crippen LogP contribution in [0.5, 0.6) is 0 Å². The van der Waals surface area contributed by atoms with Gasteiger partial charge in [0, 0.05) is 42.4 Å². The summed E-state index contributed by atoms with van der Waals surface area (Å²) < 4.78 is 5.62. The monoisotopic (exact) mass is 394 g/mol. The number of carbonyl (C=O) groups is 1. The maximum absolute atomic E-state index is 13.0. The Morgan fingerprint density at radius 1 is 1.03 bits per heavy atom. The second-order valence-corrected chi connectivity index (χ2v) is 9.09. The fourth-order valence-electron chi connectivity index (χ4n) is 5.74. The molecule has 0 N–H and O–H groups in total. The lowest BCUT2D eigenvalue weighted by atomic mass is 9.85. The molecule has 154 valence electrons. The molecule has 2 aliphatic heterocycles. The maximum atomic E-state index is 13.0. The number of nitrogens with zero attached hydrogens (tertiary/aromatic N) is 4. The van der Waals surface area contributed by atoms with Gasteiger partial charge in [0.05, 0.1) is 0 Å². The van der Waals surface area contributed by atoms with Crippen LogP contribution in [0.1, 0.15) is 82.4 Å². The first-order valence-corrected chi connectivity index (χ1v) is 11.3. The van der Waals surface area contributed by atoms with Gasteiger partial charge in [-0.2, -0.15) is 4.98 Å². The zero-order valence-corrected chi connectivity index (χ0v) is 17.0. The molecular weight excluding hydrogens is 364 g/mol. The van der Waals surface area contributed by atoms with Crippen LogP contribution >= 0.6 is 0 Å². The highest BCUT2D eigenvalue weighted by molar-refractivity contribution is 5.77. The molecule has 29 heavy (non-hydrogen) atoms. The van der Waals surface area contributed by atoms with Crippen LogP contribution in [0.15, 0.2) is 29.0 Å². The number of piperidine rings is 1. The molecular formula is C23H30N4O2. The molecule has 3 aliphatic rings. The van der Waals surface area contributed by atoms with Crippen LogP contribution < -0.4 is 0 Å². The molecule has 6 nitrogen and oxygen atoms in total. The molecule has 2 bridgehead atoms. The van der Waals surface area contributed by atoms with Crippen LogP contribution in [0.4, 0.5) is 0 Å². The van der Waals surface area contributed by atoms with Crippen molar-refractivity contribution in [3.05, 3.63) is 30.4 Å². The van der Waals surface area contributed by atoms with Crippen molar-refractivity contribution in [2.75, 3.05) is 0 Å². The Kier molecular flexibility index (Phi) is 5.34. The molecule has 3 fully saturated rings. The molecule has 1 amide bonds. The first-order chi connectivity index (χ1) is 14.3. The fourth-order valence-corrected chi connectivity index (χ4v) is 5.74. The Morgan fingerprint density at radius 3 is 2.48 bits per heavy atom. The summed E-state index contributed by atoms with van der Waals surface area (Å²) in [5.41, 5.74) is 0.924. The summed E-state index contributed by atoms with van der Waals surface area (Å²) in [6.07, 6.45) is 16.1. The molecule has 2 aromatic heterocycles. The van der Waals surface area contributed by atoms with Crippen molar-refractivity contribution >= 4 is 5.91 Å². The first-order valence-electron chi connectivity index (χ1n) is 11.3. The second-order valence-electron chi connectivity index (χ2n) is 9.09. The van der Waals surface area contributed by atoms with Gasteiger partial charge in [-0.1, -0.05) is 37.3 Å². The van der Waals surface area contributed by atoms with Gasteiger partial charge in [-0.15, -0.1) is 0 Å². The van der Waals surface area contributed by atoms with Crippen LogP contribution in [0.2, 0.25) is 0 Å². The predicted molar refractivity (Wildman–Crippen MR) is 109 cm³/mol. The topological polar surface area (TPSA) is 72.1 Å². The van der Waals surface area contributed by atoms with E-state index in [1.54, 1.807) is 12.4 Å². The fraction of sp³-hybridized carbons (Fsp3) is 0.652. The van der Waals surface area contributed by atoms with Crippen molar-refractivity contribution in [3.63, 3.8) is 0 Å². The second kappa shape index (κ2) is 8.25. The molecule has 3 atom stereocenters. The average Bonchev–Trinajstić information content (AvgIpc) is 3.36. The zero-order valence-electron chi connectivity index (χ0n) is 17.0. The highest BCUT2D eigenvalue weighted by Gasteiger charge is 2.44. The largest absolute Gasteiger partial charge is 0.339 e. The highest BCUT2D eigenvalue weighted by Crippen LogP contribution is 2.43. The summed E-state index contributed by atoms with van der Waals surface area (Å²) in [5, 5.41) is 4.17. The molecule has 1 saturated carbocycles. The van der Waals surface area contributed by atoms with E-state index >= 15 is 0 Å². The summed E-state index contributed by atoms with van der Waals surface area (Å²) in [7, 11) is 0. The number of aromatic nitrogens is 3. The van der Waals surface area contributed by atoms with Crippen molar-refractivity contribution < 1.29 is 9.32 Å². The van der Waals surface area contributed by atoms with Crippen molar-refractivity contribution in [2.45, 2.75) is 88.6 Å². The Labute approximate surface area is 172 Å². The van der Waals surface area contributed by atoms with Gasteiger partial charge in [0.1, 0.15) is 0 Å². The van der Waals surface area contributed by atoms with Crippen molar-refractivity contribution in [3.8, 4) is 11.4 Å². The zero-order chi connectivity index (χ0) is 19.6. The molecule has 0 spiro atoms. The first kappa shape index (κ1) is 18.8. The van der Waals surface area contributed by atoms with E-state index in [4.69, 9.17) is 4.52 Å². The van der Waals surface area contributed by atoms with Crippen LogP contribution in [-0.4, -0.2) is 38.0 Å². The number of fused-ring (bicyclic) bond motifs is 2. The summed E-state index contributed by atoms with van der Waals surface area (Å²) in [6, 6.07) is 4.47. The Morgan fingerprint density at radius 2 is 1.76 bits per heavy atom. The number of hydrogen-bond acceptors (Lipinski definition) is 5. The lowest BCUT2D eigenvalue weighted by molar-refractivity contribution is -0.136. The van der Waals surface area contributed by atoms with E-state index in [0.717, 1.165) is 55.9 Å². The van der Waals surface area contributed by atoms with E-state index in [1.807, 2.05) is 12.1 Å². The number of carbonyl (C=O) groups excluding carboxylic acids is 1.